The van der Waals surface area contributed by atoms with Crippen molar-refractivity contribution in [3.63, 3.8) is 0 Å². The highest BCUT2D eigenvalue weighted by Crippen LogP contribution is 2.29. The zero-order valence-electron chi connectivity index (χ0n) is 15.8. The second-order valence-electron chi connectivity index (χ2n) is 6.18. The molecule has 0 spiro atoms. The molecule has 2 amide bonds. The molecule has 0 bridgehead atoms. The Bertz CT molecular complexity index is 974. The zero-order chi connectivity index (χ0) is 21.0. The van der Waals surface area contributed by atoms with Crippen LogP contribution >= 0.6 is 15.9 Å². The lowest BCUT2D eigenvalue weighted by molar-refractivity contribution is -0.150. The Labute approximate surface area is 176 Å². The van der Waals surface area contributed by atoms with Crippen molar-refractivity contribution in [1.82, 2.24) is 5.43 Å². The van der Waals surface area contributed by atoms with Gasteiger partial charge in [-0.05, 0) is 65.7 Å². The van der Waals surface area contributed by atoms with Gasteiger partial charge < -0.3 is 9.47 Å². The summed E-state index contributed by atoms with van der Waals surface area (Å²) < 4.78 is 11.1. The standard InChI is InChI=1S/C21H19BrN2O5/c1-3-28-21(27)13(2)29-18-10-9-14(12-17(18)22)11-16-19(25)23-24(20(16)26)15-7-5-4-6-8-15/h4-13H,3H2,1-2H3,(H,23,25)/b16-11-/t13-/m1/s1. The van der Waals surface area contributed by atoms with Crippen molar-refractivity contribution in [2.24, 2.45) is 0 Å². The van der Waals surface area contributed by atoms with E-state index in [1.165, 1.54) is 11.1 Å². The Morgan fingerprint density at radius 1 is 1.21 bits per heavy atom. The van der Waals surface area contributed by atoms with E-state index in [9.17, 15) is 14.4 Å². The number of halogens is 1. The SMILES string of the molecule is CCOC(=O)[C@@H](C)Oc1ccc(/C=C2/C(=O)NN(c3ccccc3)C2=O)cc1Br. The molecule has 2 aromatic carbocycles. The van der Waals surface area contributed by atoms with E-state index in [0.29, 0.717) is 21.5 Å². The number of esters is 1. The van der Waals surface area contributed by atoms with Crippen LogP contribution in [0.15, 0.2) is 58.6 Å². The molecule has 1 saturated heterocycles. The van der Waals surface area contributed by atoms with Gasteiger partial charge in [0.1, 0.15) is 11.3 Å². The molecular formula is C21H19BrN2O5. The van der Waals surface area contributed by atoms with Crippen LogP contribution in [-0.2, 0) is 19.1 Å². The van der Waals surface area contributed by atoms with Crippen LogP contribution in [0.5, 0.6) is 5.75 Å². The van der Waals surface area contributed by atoms with Crippen molar-refractivity contribution in [2.45, 2.75) is 20.0 Å². The largest absolute Gasteiger partial charge is 0.478 e. The van der Waals surface area contributed by atoms with Crippen molar-refractivity contribution >= 4 is 45.5 Å². The maximum atomic E-state index is 12.6. The number of carbonyl (C=O) groups excluding carboxylic acids is 3. The number of nitrogens with zero attached hydrogens (tertiary/aromatic N) is 1. The number of hydrogen-bond donors (Lipinski definition) is 1. The van der Waals surface area contributed by atoms with Crippen LogP contribution in [0.25, 0.3) is 6.08 Å². The minimum atomic E-state index is -0.767. The molecule has 1 fully saturated rings. The zero-order valence-corrected chi connectivity index (χ0v) is 17.4. The predicted octanol–water partition coefficient (Wildman–Crippen LogP) is 3.24. The molecule has 150 valence electrons. The summed E-state index contributed by atoms with van der Waals surface area (Å²) in [6, 6.07) is 13.9. The summed E-state index contributed by atoms with van der Waals surface area (Å²) in [5, 5.41) is 1.21. The third-order valence-electron chi connectivity index (χ3n) is 4.10. The van der Waals surface area contributed by atoms with Gasteiger partial charge in [-0.3, -0.25) is 15.0 Å². The van der Waals surface area contributed by atoms with E-state index in [1.807, 2.05) is 6.07 Å². The van der Waals surface area contributed by atoms with Gasteiger partial charge in [0.15, 0.2) is 6.10 Å². The Morgan fingerprint density at radius 3 is 2.59 bits per heavy atom. The maximum absolute atomic E-state index is 12.6. The van der Waals surface area contributed by atoms with E-state index >= 15 is 0 Å². The van der Waals surface area contributed by atoms with Gasteiger partial charge >= 0.3 is 5.97 Å². The summed E-state index contributed by atoms with van der Waals surface area (Å²) in [6.45, 7) is 3.60. The number of ether oxygens (including phenoxy) is 2. The maximum Gasteiger partial charge on any atom is 0.347 e. The molecule has 1 atom stereocenters. The minimum absolute atomic E-state index is 0.0225. The normalized spacial score (nSPS) is 16.0. The van der Waals surface area contributed by atoms with Crippen LogP contribution in [0.2, 0.25) is 0 Å². The first-order valence-electron chi connectivity index (χ1n) is 8.95. The van der Waals surface area contributed by atoms with Crippen LogP contribution in [0.1, 0.15) is 19.4 Å². The van der Waals surface area contributed by atoms with Crippen molar-refractivity contribution in [3.05, 3.63) is 64.1 Å². The molecule has 0 aromatic heterocycles. The second-order valence-corrected chi connectivity index (χ2v) is 7.03. The van der Waals surface area contributed by atoms with Crippen molar-refractivity contribution in [3.8, 4) is 5.75 Å². The number of hydrazine groups is 1. The molecule has 7 nitrogen and oxygen atoms in total. The van der Waals surface area contributed by atoms with E-state index < -0.39 is 23.9 Å². The van der Waals surface area contributed by atoms with E-state index in [4.69, 9.17) is 9.47 Å². The van der Waals surface area contributed by atoms with Gasteiger partial charge in [0.25, 0.3) is 11.8 Å². The second kappa shape index (κ2) is 8.91. The van der Waals surface area contributed by atoms with Crippen molar-refractivity contribution < 1.29 is 23.9 Å². The van der Waals surface area contributed by atoms with Gasteiger partial charge in [0.2, 0.25) is 0 Å². The highest BCUT2D eigenvalue weighted by Gasteiger charge is 2.34. The van der Waals surface area contributed by atoms with Crippen molar-refractivity contribution in [2.75, 3.05) is 11.6 Å². The van der Waals surface area contributed by atoms with Gasteiger partial charge in [-0.1, -0.05) is 24.3 Å². The Kier molecular flexibility index (Phi) is 6.33. The number of para-hydroxylation sites is 1. The first-order chi connectivity index (χ1) is 13.9. The van der Waals surface area contributed by atoms with Gasteiger partial charge in [-0.25, -0.2) is 9.80 Å². The number of anilines is 1. The minimum Gasteiger partial charge on any atom is -0.478 e. The summed E-state index contributed by atoms with van der Waals surface area (Å²) in [5.74, 6) is -0.930. The van der Waals surface area contributed by atoms with Crippen LogP contribution in [-0.4, -0.2) is 30.5 Å². The highest BCUT2D eigenvalue weighted by molar-refractivity contribution is 9.10. The van der Waals surface area contributed by atoms with Crippen LogP contribution in [0.4, 0.5) is 5.69 Å². The topological polar surface area (TPSA) is 84.9 Å². The highest BCUT2D eigenvalue weighted by atomic mass is 79.9. The van der Waals surface area contributed by atoms with Crippen LogP contribution in [0, 0.1) is 0 Å². The summed E-state index contributed by atoms with van der Waals surface area (Å²) in [4.78, 5) is 36.6. The van der Waals surface area contributed by atoms with Gasteiger partial charge in [0.05, 0.1) is 16.8 Å². The fraction of sp³-hybridized carbons (Fsp3) is 0.190. The number of nitrogens with one attached hydrogen (secondary N) is 1. The fourth-order valence-corrected chi connectivity index (χ4v) is 3.17. The first-order valence-corrected chi connectivity index (χ1v) is 9.75. The molecule has 2 aromatic rings. The van der Waals surface area contributed by atoms with E-state index in [1.54, 1.807) is 56.3 Å². The molecular weight excluding hydrogens is 440 g/mol. The molecule has 0 unspecified atom stereocenters. The van der Waals surface area contributed by atoms with E-state index in [-0.39, 0.29) is 12.2 Å². The van der Waals surface area contributed by atoms with Crippen molar-refractivity contribution in [1.29, 1.82) is 0 Å². The van der Waals surface area contributed by atoms with E-state index in [2.05, 4.69) is 21.4 Å². The Hall–Kier alpha value is -3.13. The summed E-state index contributed by atoms with van der Waals surface area (Å²) in [6.07, 6.45) is 0.737. The number of amides is 2. The molecule has 1 aliphatic rings. The molecule has 1 N–H and O–H groups in total. The van der Waals surface area contributed by atoms with Gasteiger partial charge in [-0.2, -0.15) is 0 Å². The monoisotopic (exact) mass is 458 g/mol. The molecule has 1 aliphatic heterocycles. The quantitative estimate of drug-likeness (QED) is 0.408. The number of hydrogen-bond acceptors (Lipinski definition) is 5. The number of carbonyl (C=O) groups is 3. The molecule has 0 aliphatic carbocycles. The van der Waals surface area contributed by atoms with Crippen LogP contribution < -0.4 is 15.2 Å². The van der Waals surface area contributed by atoms with Gasteiger partial charge in [0, 0.05) is 0 Å². The molecule has 0 saturated carbocycles. The van der Waals surface area contributed by atoms with Crippen LogP contribution in [0.3, 0.4) is 0 Å². The lowest BCUT2D eigenvalue weighted by atomic mass is 10.1. The molecule has 29 heavy (non-hydrogen) atoms. The summed E-state index contributed by atoms with van der Waals surface area (Å²) in [5.41, 5.74) is 3.78. The molecule has 1 heterocycles. The first kappa shape index (κ1) is 20.6. The molecule has 0 radical (unpaired) electrons. The fourth-order valence-electron chi connectivity index (χ4n) is 2.68. The molecule has 3 rings (SSSR count). The Morgan fingerprint density at radius 2 is 1.93 bits per heavy atom. The van der Waals surface area contributed by atoms with E-state index in [0.717, 1.165) is 0 Å². The lowest BCUT2D eigenvalue weighted by Gasteiger charge is -2.15. The number of rotatable bonds is 6. The smallest absolute Gasteiger partial charge is 0.347 e. The average Bonchev–Trinajstić information content (AvgIpc) is 2.99. The lowest BCUT2D eigenvalue weighted by Crippen LogP contribution is -2.35. The van der Waals surface area contributed by atoms with Gasteiger partial charge in [-0.15, -0.1) is 0 Å². The molecule has 8 heteroatoms. The summed E-state index contributed by atoms with van der Waals surface area (Å²) in [7, 11) is 0. The average molecular weight is 459 g/mol. The third kappa shape index (κ3) is 4.65. The Balaban J connectivity index is 1.78. The number of benzene rings is 2. The third-order valence-corrected chi connectivity index (χ3v) is 4.71. The predicted molar refractivity (Wildman–Crippen MR) is 111 cm³/mol. The summed E-state index contributed by atoms with van der Waals surface area (Å²) >= 11 is 3.39.